The maximum Gasteiger partial charge on any atom is 0.307 e. The van der Waals surface area contributed by atoms with Crippen LogP contribution >= 0.6 is 11.6 Å². The van der Waals surface area contributed by atoms with Gasteiger partial charge >= 0.3 is 5.97 Å². The van der Waals surface area contributed by atoms with E-state index in [1.165, 1.54) is 0 Å². The molecule has 0 N–H and O–H groups in total. The first-order chi connectivity index (χ1) is 11.6. The fourth-order valence-corrected chi connectivity index (χ4v) is 2.54. The number of hydrogen-bond donors (Lipinski definition) is 0. The molecule has 0 radical (unpaired) electrons. The van der Waals surface area contributed by atoms with Crippen molar-refractivity contribution in [3.8, 4) is 0 Å². The third-order valence-electron chi connectivity index (χ3n) is 3.50. The van der Waals surface area contributed by atoms with E-state index in [-0.39, 0.29) is 24.8 Å². The van der Waals surface area contributed by atoms with Crippen LogP contribution in [0.2, 0.25) is 5.02 Å². The molecule has 0 aromatic heterocycles. The van der Waals surface area contributed by atoms with Crippen LogP contribution in [0.3, 0.4) is 0 Å². The first-order valence-corrected chi connectivity index (χ1v) is 8.23. The van der Waals surface area contributed by atoms with Crippen molar-refractivity contribution in [2.24, 2.45) is 0 Å². The summed E-state index contributed by atoms with van der Waals surface area (Å²) in [5, 5.41) is 0.400. The SMILES string of the molecule is CCOC(=O)CCN(Cc1ccccc1)C(=O)c1ccccc1Cl. The number of carbonyl (C=O) groups excluding carboxylic acids is 2. The van der Waals surface area contributed by atoms with Gasteiger partial charge in [0, 0.05) is 13.1 Å². The van der Waals surface area contributed by atoms with E-state index in [0.717, 1.165) is 5.56 Å². The Morgan fingerprint density at radius 1 is 1.04 bits per heavy atom. The van der Waals surface area contributed by atoms with E-state index in [1.807, 2.05) is 30.3 Å². The lowest BCUT2D eigenvalue weighted by Gasteiger charge is -2.23. The van der Waals surface area contributed by atoms with Gasteiger partial charge < -0.3 is 9.64 Å². The van der Waals surface area contributed by atoms with Crippen LogP contribution in [0.4, 0.5) is 0 Å². The molecule has 0 saturated heterocycles. The van der Waals surface area contributed by atoms with Crippen molar-refractivity contribution >= 4 is 23.5 Å². The zero-order valence-corrected chi connectivity index (χ0v) is 14.3. The molecule has 126 valence electrons. The smallest absolute Gasteiger partial charge is 0.307 e. The van der Waals surface area contributed by atoms with Gasteiger partial charge in [-0.2, -0.15) is 0 Å². The molecule has 1 amide bonds. The summed E-state index contributed by atoms with van der Waals surface area (Å²) in [6.45, 7) is 2.77. The fourth-order valence-electron chi connectivity index (χ4n) is 2.32. The molecule has 0 fully saturated rings. The number of amides is 1. The number of ether oxygens (including phenoxy) is 1. The Morgan fingerprint density at radius 2 is 1.71 bits per heavy atom. The highest BCUT2D eigenvalue weighted by Gasteiger charge is 2.19. The minimum Gasteiger partial charge on any atom is -0.466 e. The highest BCUT2D eigenvalue weighted by molar-refractivity contribution is 6.33. The lowest BCUT2D eigenvalue weighted by Crippen LogP contribution is -2.33. The normalized spacial score (nSPS) is 10.2. The molecular weight excluding hydrogens is 326 g/mol. The van der Waals surface area contributed by atoms with Gasteiger partial charge in [0.2, 0.25) is 0 Å². The average Bonchev–Trinajstić information content (AvgIpc) is 2.59. The van der Waals surface area contributed by atoms with Crippen molar-refractivity contribution < 1.29 is 14.3 Å². The van der Waals surface area contributed by atoms with Crippen LogP contribution in [0.1, 0.15) is 29.3 Å². The average molecular weight is 346 g/mol. The Hall–Kier alpha value is -2.33. The Kier molecular flexibility index (Phi) is 6.82. The van der Waals surface area contributed by atoms with E-state index < -0.39 is 0 Å². The van der Waals surface area contributed by atoms with Crippen LogP contribution in [0.25, 0.3) is 0 Å². The second-order valence-corrected chi connectivity index (χ2v) is 5.65. The summed E-state index contributed by atoms with van der Waals surface area (Å²) in [5.41, 5.74) is 1.42. The predicted octanol–water partition coefficient (Wildman–Crippen LogP) is 3.94. The summed E-state index contributed by atoms with van der Waals surface area (Å²) in [7, 11) is 0. The second-order valence-electron chi connectivity index (χ2n) is 5.25. The molecular formula is C19H20ClNO3. The van der Waals surface area contributed by atoms with Crippen molar-refractivity contribution in [2.45, 2.75) is 19.9 Å². The number of esters is 1. The molecule has 2 aromatic carbocycles. The zero-order valence-electron chi connectivity index (χ0n) is 13.6. The van der Waals surface area contributed by atoms with E-state index in [2.05, 4.69) is 0 Å². The third-order valence-corrected chi connectivity index (χ3v) is 3.83. The largest absolute Gasteiger partial charge is 0.466 e. The molecule has 24 heavy (non-hydrogen) atoms. The van der Waals surface area contributed by atoms with E-state index in [4.69, 9.17) is 16.3 Å². The number of carbonyl (C=O) groups is 2. The van der Waals surface area contributed by atoms with Gasteiger partial charge in [-0.25, -0.2) is 0 Å². The van der Waals surface area contributed by atoms with Crippen LogP contribution < -0.4 is 0 Å². The molecule has 0 bridgehead atoms. The molecule has 2 aromatic rings. The summed E-state index contributed by atoms with van der Waals surface area (Å²) in [4.78, 5) is 26.1. The van der Waals surface area contributed by atoms with Crippen molar-refractivity contribution in [1.82, 2.24) is 4.90 Å². The van der Waals surface area contributed by atoms with Crippen molar-refractivity contribution in [3.63, 3.8) is 0 Å². The van der Waals surface area contributed by atoms with Gasteiger partial charge in [-0.3, -0.25) is 9.59 Å². The molecule has 0 aliphatic heterocycles. The first kappa shape index (κ1) is 18.0. The Labute approximate surface area is 147 Å². The molecule has 5 heteroatoms. The summed E-state index contributed by atoms with van der Waals surface area (Å²) in [6.07, 6.45) is 0.150. The topological polar surface area (TPSA) is 46.6 Å². The Bertz CT molecular complexity index is 688. The molecule has 0 aliphatic rings. The Morgan fingerprint density at radius 3 is 2.38 bits per heavy atom. The summed E-state index contributed by atoms with van der Waals surface area (Å²) in [6, 6.07) is 16.5. The second kappa shape index (κ2) is 9.08. The molecule has 2 rings (SSSR count). The number of hydrogen-bond acceptors (Lipinski definition) is 3. The van der Waals surface area contributed by atoms with E-state index in [1.54, 1.807) is 36.1 Å². The van der Waals surface area contributed by atoms with Crippen molar-refractivity contribution in [1.29, 1.82) is 0 Å². The van der Waals surface area contributed by atoms with Gasteiger partial charge in [0.15, 0.2) is 0 Å². The number of benzene rings is 2. The Balaban J connectivity index is 2.16. The lowest BCUT2D eigenvalue weighted by atomic mass is 10.1. The van der Waals surface area contributed by atoms with Gasteiger partial charge in [0.05, 0.1) is 23.6 Å². The van der Waals surface area contributed by atoms with Gasteiger partial charge in [-0.1, -0.05) is 54.1 Å². The van der Waals surface area contributed by atoms with E-state index in [9.17, 15) is 9.59 Å². The summed E-state index contributed by atoms with van der Waals surface area (Å²) in [5.74, 6) is -0.517. The third kappa shape index (κ3) is 5.10. The van der Waals surface area contributed by atoms with E-state index >= 15 is 0 Å². The number of halogens is 1. The van der Waals surface area contributed by atoms with Crippen LogP contribution in [0.5, 0.6) is 0 Å². The fraction of sp³-hybridized carbons (Fsp3) is 0.263. The maximum absolute atomic E-state index is 12.8. The summed E-state index contributed by atoms with van der Waals surface area (Å²) < 4.78 is 4.95. The van der Waals surface area contributed by atoms with Crippen LogP contribution in [0.15, 0.2) is 54.6 Å². The quantitative estimate of drug-likeness (QED) is 0.714. The minimum absolute atomic E-state index is 0.150. The number of rotatable bonds is 7. The highest BCUT2D eigenvalue weighted by Crippen LogP contribution is 2.19. The monoisotopic (exact) mass is 345 g/mol. The molecule has 0 saturated carbocycles. The first-order valence-electron chi connectivity index (χ1n) is 7.85. The maximum atomic E-state index is 12.8. The van der Waals surface area contributed by atoms with Crippen LogP contribution in [-0.4, -0.2) is 29.9 Å². The lowest BCUT2D eigenvalue weighted by molar-refractivity contribution is -0.143. The van der Waals surface area contributed by atoms with E-state index in [0.29, 0.717) is 23.7 Å². The number of nitrogens with zero attached hydrogens (tertiary/aromatic N) is 1. The van der Waals surface area contributed by atoms with Crippen molar-refractivity contribution in [2.75, 3.05) is 13.2 Å². The van der Waals surface area contributed by atoms with Gasteiger partial charge in [-0.05, 0) is 24.6 Å². The minimum atomic E-state index is -0.317. The predicted molar refractivity (Wildman–Crippen MR) is 93.9 cm³/mol. The molecule has 0 unspecified atom stereocenters. The van der Waals surface area contributed by atoms with Gasteiger partial charge in [-0.15, -0.1) is 0 Å². The van der Waals surface area contributed by atoms with Crippen molar-refractivity contribution in [3.05, 3.63) is 70.7 Å². The zero-order chi connectivity index (χ0) is 17.4. The highest BCUT2D eigenvalue weighted by atomic mass is 35.5. The van der Waals surface area contributed by atoms with Crippen LogP contribution in [0, 0.1) is 0 Å². The van der Waals surface area contributed by atoms with Gasteiger partial charge in [0.1, 0.15) is 0 Å². The van der Waals surface area contributed by atoms with Crippen LogP contribution in [-0.2, 0) is 16.1 Å². The molecule has 0 spiro atoms. The molecule has 0 heterocycles. The standard InChI is InChI=1S/C19H20ClNO3/c1-2-24-18(22)12-13-21(14-15-8-4-3-5-9-15)19(23)16-10-6-7-11-17(16)20/h3-11H,2,12-14H2,1H3. The van der Waals surface area contributed by atoms with Gasteiger partial charge in [0.25, 0.3) is 5.91 Å². The summed E-state index contributed by atoms with van der Waals surface area (Å²) >= 11 is 6.14. The molecule has 4 nitrogen and oxygen atoms in total. The molecule has 0 atom stereocenters. The molecule has 0 aliphatic carbocycles.